The minimum atomic E-state index is -5.36. The van der Waals surface area contributed by atoms with Crippen LogP contribution in [0.4, 0.5) is 18.9 Å². The standard InChI is InChI=1S/C33H29ClF3N5O6/c1-18-14-21(24-5-3-4-6-27(24)38-18)17-47-23-9-7-22(8-10-23)40-29(43)25-11-12-42(31(45)20-13-19(2)39-28(34)15-20)16-26(25)30(44)41-48-32(46)33(35,36)37/h3-10,13-15,25-26H,11-12,16-17H2,1-2H3,(H,40,43)(H,41,44)/t25?,26-/m0/s1. The van der Waals surface area contributed by atoms with Crippen LogP contribution in [0.25, 0.3) is 10.9 Å². The molecule has 1 aliphatic rings. The van der Waals surface area contributed by atoms with Gasteiger partial charge in [-0.15, -0.1) is 0 Å². The van der Waals surface area contributed by atoms with Crippen molar-refractivity contribution in [2.75, 3.05) is 18.4 Å². The average molecular weight is 684 g/mol. The van der Waals surface area contributed by atoms with Gasteiger partial charge in [-0.25, -0.2) is 9.78 Å². The van der Waals surface area contributed by atoms with Crippen LogP contribution in [0.3, 0.4) is 0 Å². The summed E-state index contributed by atoms with van der Waals surface area (Å²) in [7, 11) is 0. The number of piperidine rings is 1. The third kappa shape index (κ3) is 8.18. The molecule has 250 valence electrons. The highest BCUT2D eigenvalue weighted by molar-refractivity contribution is 6.29. The Morgan fingerprint density at radius 2 is 1.65 bits per heavy atom. The predicted molar refractivity (Wildman–Crippen MR) is 168 cm³/mol. The van der Waals surface area contributed by atoms with Crippen molar-refractivity contribution in [3.8, 4) is 5.75 Å². The van der Waals surface area contributed by atoms with Crippen LogP contribution in [0.15, 0.2) is 66.7 Å². The van der Waals surface area contributed by atoms with Gasteiger partial charge in [-0.05, 0) is 68.8 Å². The zero-order chi connectivity index (χ0) is 34.6. The largest absolute Gasteiger partial charge is 0.493 e. The molecule has 11 nitrogen and oxygen atoms in total. The fourth-order valence-electron chi connectivity index (χ4n) is 5.43. The second-order valence-electron chi connectivity index (χ2n) is 11.2. The predicted octanol–water partition coefficient (Wildman–Crippen LogP) is 5.33. The summed E-state index contributed by atoms with van der Waals surface area (Å²) in [5, 5.41) is 3.74. The number of hydrogen-bond acceptors (Lipinski definition) is 8. The number of benzene rings is 2. The highest BCUT2D eigenvalue weighted by atomic mass is 35.5. The van der Waals surface area contributed by atoms with Crippen molar-refractivity contribution in [3.63, 3.8) is 0 Å². The van der Waals surface area contributed by atoms with Crippen LogP contribution in [-0.2, 0) is 25.8 Å². The Morgan fingerprint density at radius 3 is 2.35 bits per heavy atom. The van der Waals surface area contributed by atoms with Gasteiger partial charge in [0.05, 0.1) is 17.4 Å². The monoisotopic (exact) mass is 683 g/mol. The summed E-state index contributed by atoms with van der Waals surface area (Å²) < 4.78 is 44.0. The maximum atomic E-state index is 13.4. The molecule has 15 heteroatoms. The topological polar surface area (TPSA) is 140 Å². The van der Waals surface area contributed by atoms with Crippen molar-refractivity contribution in [2.24, 2.45) is 11.8 Å². The van der Waals surface area contributed by atoms with Gasteiger partial charge in [-0.1, -0.05) is 29.8 Å². The number of ether oxygens (including phenoxy) is 1. The zero-order valence-corrected chi connectivity index (χ0v) is 26.4. The molecule has 3 amide bonds. The Labute approximate surface area is 277 Å². The number of anilines is 1. The molecule has 0 radical (unpaired) electrons. The van der Waals surface area contributed by atoms with Crippen molar-refractivity contribution in [2.45, 2.75) is 33.1 Å². The number of pyridine rings is 2. The third-order valence-electron chi connectivity index (χ3n) is 7.66. The molecule has 0 spiro atoms. The fourth-order valence-corrected chi connectivity index (χ4v) is 5.68. The first-order chi connectivity index (χ1) is 22.8. The highest BCUT2D eigenvalue weighted by Crippen LogP contribution is 2.29. The molecule has 2 aromatic heterocycles. The van der Waals surface area contributed by atoms with E-state index in [0.717, 1.165) is 22.2 Å². The number of halogens is 4. The lowest BCUT2D eigenvalue weighted by atomic mass is 9.83. The summed E-state index contributed by atoms with van der Waals surface area (Å²) in [6.07, 6.45) is -5.39. The zero-order valence-electron chi connectivity index (χ0n) is 25.6. The number of alkyl halides is 3. The molecule has 3 heterocycles. The summed E-state index contributed by atoms with van der Waals surface area (Å²) in [5.41, 5.74) is 5.15. The van der Waals surface area contributed by atoms with Crippen LogP contribution in [0.1, 0.15) is 33.7 Å². The molecule has 1 unspecified atom stereocenters. The number of para-hydroxylation sites is 1. The third-order valence-corrected chi connectivity index (χ3v) is 7.86. The summed E-state index contributed by atoms with van der Waals surface area (Å²) >= 11 is 5.99. The first-order valence-corrected chi connectivity index (χ1v) is 15.1. The van der Waals surface area contributed by atoms with Crippen LogP contribution in [0.2, 0.25) is 5.15 Å². The number of rotatable bonds is 7. The molecule has 4 aromatic rings. The summed E-state index contributed by atoms with van der Waals surface area (Å²) in [4.78, 5) is 64.7. The number of fused-ring (bicyclic) bond motifs is 1. The first kappa shape index (κ1) is 34.1. The Kier molecular flexibility index (Phi) is 10.1. The van der Waals surface area contributed by atoms with Crippen LogP contribution >= 0.6 is 11.6 Å². The number of carbonyl (C=O) groups excluding carboxylic acids is 4. The molecule has 2 atom stereocenters. The molecule has 48 heavy (non-hydrogen) atoms. The Hall–Kier alpha value is -5.24. The lowest BCUT2D eigenvalue weighted by Gasteiger charge is -2.36. The van der Waals surface area contributed by atoms with Gasteiger partial charge in [0, 0.05) is 46.7 Å². The van der Waals surface area contributed by atoms with Crippen LogP contribution in [-0.4, -0.2) is 57.8 Å². The Bertz CT molecular complexity index is 1850. The summed E-state index contributed by atoms with van der Waals surface area (Å²) in [5.74, 6) is -6.93. The van der Waals surface area contributed by atoms with Crippen molar-refractivity contribution in [3.05, 3.63) is 94.4 Å². The molecule has 1 aliphatic heterocycles. The van der Waals surface area contributed by atoms with E-state index in [1.165, 1.54) is 22.5 Å². The number of carbonyl (C=O) groups is 4. The number of likely N-dealkylation sites (tertiary alicyclic amines) is 1. The van der Waals surface area contributed by atoms with Crippen molar-refractivity contribution in [1.29, 1.82) is 0 Å². The van der Waals surface area contributed by atoms with Crippen molar-refractivity contribution >= 4 is 51.9 Å². The number of nitrogens with zero attached hydrogens (tertiary/aromatic N) is 3. The Morgan fingerprint density at radius 1 is 0.938 bits per heavy atom. The van der Waals surface area contributed by atoms with E-state index in [4.69, 9.17) is 16.3 Å². The van der Waals surface area contributed by atoms with Crippen molar-refractivity contribution < 1.29 is 41.9 Å². The fraction of sp³-hybridized carbons (Fsp3) is 0.273. The second kappa shape index (κ2) is 14.3. The van der Waals surface area contributed by atoms with Gasteiger partial charge in [0.15, 0.2) is 0 Å². The normalized spacial score (nSPS) is 16.2. The minimum Gasteiger partial charge on any atom is -0.489 e. The van der Waals surface area contributed by atoms with Crippen LogP contribution in [0.5, 0.6) is 5.75 Å². The quantitative estimate of drug-likeness (QED) is 0.197. The van der Waals surface area contributed by atoms with Gasteiger partial charge in [-0.3, -0.25) is 19.4 Å². The molecular weight excluding hydrogens is 655 g/mol. The van der Waals surface area contributed by atoms with E-state index in [1.807, 2.05) is 37.3 Å². The molecule has 0 bridgehead atoms. The first-order valence-electron chi connectivity index (χ1n) is 14.7. The minimum absolute atomic E-state index is 0.0266. The molecular formula is C33H29ClF3N5O6. The maximum absolute atomic E-state index is 13.4. The number of nitrogens with one attached hydrogen (secondary N) is 2. The van der Waals surface area contributed by atoms with E-state index in [2.05, 4.69) is 20.1 Å². The molecule has 0 saturated carbocycles. The molecule has 1 saturated heterocycles. The van der Waals surface area contributed by atoms with Gasteiger partial charge >= 0.3 is 12.1 Å². The highest BCUT2D eigenvalue weighted by Gasteiger charge is 2.44. The van der Waals surface area contributed by atoms with E-state index in [1.54, 1.807) is 31.2 Å². The summed E-state index contributed by atoms with van der Waals surface area (Å²) in [6.45, 7) is 3.48. The smallest absolute Gasteiger partial charge is 0.489 e. The lowest BCUT2D eigenvalue weighted by Crippen LogP contribution is -2.52. The molecule has 5 rings (SSSR count). The molecule has 1 fully saturated rings. The van der Waals surface area contributed by atoms with Crippen LogP contribution in [0, 0.1) is 25.7 Å². The van der Waals surface area contributed by atoms with Gasteiger partial charge in [0.25, 0.3) is 11.8 Å². The lowest BCUT2D eigenvalue weighted by molar-refractivity contribution is -0.208. The molecule has 2 N–H and O–H groups in total. The van der Waals surface area contributed by atoms with Gasteiger partial charge in [-0.2, -0.15) is 18.7 Å². The number of aryl methyl sites for hydroxylation is 2. The number of hydroxylamine groups is 1. The second-order valence-corrected chi connectivity index (χ2v) is 11.6. The number of amides is 3. The van der Waals surface area contributed by atoms with E-state index < -0.39 is 41.7 Å². The Balaban J connectivity index is 1.27. The van der Waals surface area contributed by atoms with Gasteiger partial charge in [0.2, 0.25) is 5.91 Å². The molecule has 2 aromatic carbocycles. The number of aromatic nitrogens is 2. The van der Waals surface area contributed by atoms with E-state index in [-0.39, 0.29) is 36.8 Å². The average Bonchev–Trinajstić information content (AvgIpc) is 3.05. The van der Waals surface area contributed by atoms with E-state index in [9.17, 15) is 32.3 Å². The van der Waals surface area contributed by atoms with Gasteiger partial charge in [0.1, 0.15) is 17.5 Å². The molecule has 0 aliphatic carbocycles. The number of hydrogen-bond donors (Lipinski definition) is 2. The maximum Gasteiger partial charge on any atom is 0.493 e. The van der Waals surface area contributed by atoms with Crippen LogP contribution < -0.4 is 15.5 Å². The van der Waals surface area contributed by atoms with E-state index >= 15 is 0 Å². The van der Waals surface area contributed by atoms with E-state index in [0.29, 0.717) is 17.1 Å². The summed E-state index contributed by atoms with van der Waals surface area (Å²) in [6, 6.07) is 19.0. The van der Waals surface area contributed by atoms with Crippen molar-refractivity contribution in [1.82, 2.24) is 20.3 Å². The van der Waals surface area contributed by atoms with Gasteiger partial charge < -0.3 is 19.8 Å². The SMILES string of the molecule is Cc1cc(C(=O)N2CCC(C(=O)Nc3ccc(OCc4cc(C)nc5ccccc45)cc3)[C@@H](C(=O)NOC(=O)C(F)(F)F)C2)cc(Cl)n1.